The van der Waals surface area contributed by atoms with Crippen molar-refractivity contribution in [3.63, 3.8) is 0 Å². The average Bonchev–Trinajstić information content (AvgIpc) is 3.16. The fourth-order valence-electron chi connectivity index (χ4n) is 3.71. The number of carbonyl (C=O) groups excluding carboxylic acids is 1. The highest BCUT2D eigenvalue weighted by Gasteiger charge is 2.35. The molecule has 9 nitrogen and oxygen atoms in total. The van der Waals surface area contributed by atoms with Crippen LogP contribution in [-0.4, -0.2) is 72.1 Å². The van der Waals surface area contributed by atoms with Crippen LogP contribution < -0.4 is 10.2 Å². The van der Waals surface area contributed by atoms with Crippen molar-refractivity contribution in [2.75, 3.05) is 37.3 Å². The second kappa shape index (κ2) is 8.66. The molecule has 3 rings (SSSR count). The third-order valence-corrected chi connectivity index (χ3v) is 7.46. The molecule has 1 aliphatic rings. The number of hydrogen-bond donors (Lipinski definition) is 2. The molecule has 0 radical (unpaired) electrons. The van der Waals surface area contributed by atoms with Gasteiger partial charge in [-0.3, -0.25) is 4.79 Å². The molecule has 0 aliphatic carbocycles. The second-order valence-corrected chi connectivity index (χ2v) is 10.1. The number of fused-ring (bicyclic) bond motifs is 1. The molecule has 0 saturated carbocycles. The zero-order valence-corrected chi connectivity index (χ0v) is 18.2. The molecule has 1 saturated heterocycles. The van der Waals surface area contributed by atoms with Gasteiger partial charge in [0.25, 0.3) is 0 Å². The Labute approximate surface area is 171 Å². The number of H-pyrrole nitrogens is 1. The molecule has 1 amide bonds. The molecule has 2 aromatic rings. The predicted octanol–water partition coefficient (Wildman–Crippen LogP) is 1.21. The van der Waals surface area contributed by atoms with E-state index in [1.54, 1.807) is 18.2 Å². The van der Waals surface area contributed by atoms with Gasteiger partial charge in [0.1, 0.15) is 17.8 Å². The van der Waals surface area contributed by atoms with E-state index in [-0.39, 0.29) is 30.2 Å². The first kappa shape index (κ1) is 21.5. The van der Waals surface area contributed by atoms with Crippen LogP contribution in [0.25, 0.3) is 11.0 Å². The van der Waals surface area contributed by atoms with Crippen LogP contribution in [0, 0.1) is 11.8 Å². The van der Waals surface area contributed by atoms with Crippen LogP contribution in [-0.2, 0) is 14.8 Å². The number of amides is 1. The van der Waals surface area contributed by atoms with Crippen LogP contribution in [0.1, 0.15) is 27.2 Å². The van der Waals surface area contributed by atoms with Crippen LogP contribution in [0.4, 0.5) is 5.82 Å². The number of nitrogens with one attached hydrogen (secondary N) is 2. The van der Waals surface area contributed by atoms with Crippen molar-refractivity contribution in [2.45, 2.75) is 33.2 Å². The Balaban J connectivity index is 1.71. The summed E-state index contributed by atoms with van der Waals surface area (Å²) in [7, 11) is -1.50. The largest absolute Gasteiger partial charge is 0.355 e. The highest BCUT2D eigenvalue weighted by atomic mass is 32.2. The van der Waals surface area contributed by atoms with E-state index >= 15 is 0 Å². The molecule has 160 valence electrons. The Kier molecular flexibility index (Phi) is 6.42. The van der Waals surface area contributed by atoms with Gasteiger partial charge in [-0.1, -0.05) is 20.8 Å². The summed E-state index contributed by atoms with van der Waals surface area (Å²) in [4.78, 5) is 25.5. The molecule has 2 aromatic heterocycles. The minimum absolute atomic E-state index is 0.00298. The molecule has 3 heterocycles. The highest BCUT2D eigenvalue weighted by molar-refractivity contribution is 7.89. The molecule has 2 atom stereocenters. The smallest absolute Gasteiger partial charge is 0.222 e. The first-order chi connectivity index (χ1) is 13.7. The first-order valence-electron chi connectivity index (χ1n) is 9.97. The lowest BCUT2D eigenvalue weighted by atomic mass is 9.93. The van der Waals surface area contributed by atoms with Gasteiger partial charge in [0, 0.05) is 44.8 Å². The molecule has 2 N–H and O–H groups in total. The van der Waals surface area contributed by atoms with E-state index < -0.39 is 10.0 Å². The highest BCUT2D eigenvalue weighted by Crippen LogP contribution is 2.29. The summed E-state index contributed by atoms with van der Waals surface area (Å²) in [5.74, 6) is 0.716. The third-order valence-electron chi connectivity index (χ3n) is 5.62. The van der Waals surface area contributed by atoms with Crippen molar-refractivity contribution >= 4 is 32.8 Å². The Morgan fingerprint density at radius 1 is 1.41 bits per heavy atom. The molecule has 1 aliphatic heterocycles. The van der Waals surface area contributed by atoms with Crippen LogP contribution in [0.2, 0.25) is 0 Å². The molecule has 0 bridgehead atoms. The molecular formula is C19H30N6O3S. The van der Waals surface area contributed by atoms with Crippen LogP contribution in [0.5, 0.6) is 0 Å². The number of nitrogens with zero attached hydrogens (tertiary/aromatic N) is 4. The van der Waals surface area contributed by atoms with Crippen LogP contribution >= 0.6 is 0 Å². The minimum atomic E-state index is -3.46. The summed E-state index contributed by atoms with van der Waals surface area (Å²) in [6.07, 6.45) is 4.11. The van der Waals surface area contributed by atoms with Crippen molar-refractivity contribution in [2.24, 2.45) is 11.8 Å². The molecule has 0 spiro atoms. The van der Waals surface area contributed by atoms with Crippen LogP contribution in [0.3, 0.4) is 0 Å². The minimum Gasteiger partial charge on any atom is -0.355 e. The summed E-state index contributed by atoms with van der Waals surface area (Å²) in [5.41, 5.74) is 0.760. The summed E-state index contributed by atoms with van der Waals surface area (Å²) < 4.78 is 27.2. The zero-order chi connectivity index (χ0) is 21.2. The Morgan fingerprint density at radius 3 is 2.90 bits per heavy atom. The van der Waals surface area contributed by atoms with E-state index in [2.05, 4.69) is 32.1 Å². The number of aromatic nitrogens is 3. The topological polar surface area (TPSA) is 111 Å². The Hall–Kier alpha value is -2.20. The lowest BCUT2D eigenvalue weighted by Gasteiger charge is -2.41. The van der Waals surface area contributed by atoms with E-state index in [4.69, 9.17) is 0 Å². The summed E-state index contributed by atoms with van der Waals surface area (Å²) in [5, 5.41) is 3.60. The van der Waals surface area contributed by atoms with Crippen molar-refractivity contribution in [1.29, 1.82) is 0 Å². The van der Waals surface area contributed by atoms with Gasteiger partial charge in [-0.25, -0.2) is 18.4 Å². The molecule has 10 heteroatoms. The van der Waals surface area contributed by atoms with Crippen molar-refractivity contribution in [3.05, 3.63) is 18.6 Å². The number of sulfonamides is 1. The molecule has 29 heavy (non-hydrogen) atoms. The summed E-state index contributed by atoms with van der Waals surface area (Å²) >= 11 is 0. The van der Waals surface area contributed by atoms with Gasteiger partial charge < -0.3 is 15.2 Å². The monoisotopic (exact) mass is 422 g/mol. The third kappa shape index (κ3) is 4.69. The Bertz CT molecular complexity index is 958. The molecule has 1 fully saturated rings. The number of aromatic amines is 1. The second-order valence-electron chi connectivity index (χ2n) is 8.00. The Morgan fingerprint density at radius 2 is 2.17 bits per heavy atom. The normalized spacial score (nSPS) is 20.9. The lowest BCUT2D eigenvalue weighted by molar-refractivity contribution is -0.123. The first-order valence-corrected chi connectivity index (χ1v) is 11.6. The predicted molar refractivity (Wildman–Crippen MR) is 113 cm³/mol. The fraction of sp³-hybridized carbons (Fsp3) is 0.632. The van der Waals surface area contributed by atoms with Crippen molar-refractivity contribution < 1.29 is 13.2 Å². The molecule has 0 aromatic carbocycles. The van der Waals surface area contributed by atoms with Gasteiger partial charge in [0.05, 0.1) is 11.1 Å². The molecule has 0 unspecified atom stereocenters. The van der Waals surface area contributed by atoms with E-state index in [0.717, 1.165) is 23.3 Å². The zero-order valence-electron chi connectivity index (χ0n) is 17.4. The van der Waals surface area contributed by atoms with Gasteiger partial charge in [-0.2, -0.15) is 4.31 Å². The number of rotatable bonds is 7. The summed E-state index contributed by atoms with van der Waals surface area (Å²) in [6, 6.07) is 1.93. The van der Waals surface area contributed by atoms with Gasteiger partial charge in [-0.15, -0.1) is 0 Å². The summed E-state index contributed by atoms with van der Waals surface area (Å²) in [6.45, 7) is 6.73. The number of carbonyl (C=O) groups is 1. The van der Waals surface area contributed by atoms with E-state index in [0.29, 0.717) is 19.0 Å². The lowest BCUT2D eigenvalue weighted by Crippen LogP contribution is -2.53. The average molecular weight is 423 g/mol. The van der Waals surface area contributed by atoms with Gasteiger partial charge in [0.15, 0.2) is 0 Å². The van der Waals surface area contributed by atoms with Gasteiger partial charge in [0.2, 0.25) is 15.9 Å². The van der Waals surface area contributed by atoms with Crippen molar-refractivity contribution in [3.8, 4) is 0 Å². The number of likely N-dealkylation sites (N-methyl/N-ethyl adjacent to an activating group) is 1. The fourth-order valence-corrected chi connectivity index (χ4v) is 5.09. The van der Waals surface area contributed by atoms with Crippen LogP contribution in [0.15, 0.2) is 18.6 Å². The van der Waals surface area contributed by atoms with Gasteiger partial charge in [-0.05, 0) is 18.4 Å². The maximum Gasteiger partial charge on any atom is 0.222 e. The standard InChI is InChI=1S/C19H30N6O3S/c1-13(2)19(26)21-8-10-29(27,28)25-9-6-14(3)16(11-25)24(4)18-15-5-7-20-17(15)22-12-23-18/h5,7,12-14,16H,6,8-11H2,1-4H3,(H,21,26)(H,20,22,23)/t14-,16+/m1/s1. The number of hydrogen-bond acceptors (Lipinski definition) is 6. The van der Waals surface area contributed by atoms with Gasteiger partial charge >= 0.3 is 0 Å². The number of anilines is 1. The number of piperidine rings is 1. The van der Waals surface area contributed by atoms with E-state index in [1.807, 2.05) is 19.3 Å². The SMILES string of the molecule is CC(C)C(=O)NCCS(=O)(=O)N1CC[C@@H](C)[C@@H](N(C)c2ncnc3[nH]ccc23)C1. The van der Waals surface area contributed by atoms with Crippen molar-refractivity contribution in [1.82, 2.24) is 24.6 Å². The quantitative estimate of drug-likeness (QED) is 0.694. The molecular weight excluding hydrogens is 392 g/mol. The van der Waals surface area contributed by atoms with E-state index in [1.165, 1.54) is 6.33 Å². The van der Waals surface area contributed by atoms with E-state index in [9.17, 15) is 13.2 Å². The maximum atomic E-state index is 12.8. The maximum absolute atomic E-state index is 12.8.